The molecule has 0 heterocycles. The van der Waals surface area contributed by atoms with Crippen LogP contribution >= 0.6 is 23.2 Å². The van der Waals surface area contributed by atoms with Gasteiger partial charge < -0.3 is 4.74 Å². The van der Waals surface area contributed by atoms with E-state index in [2.05, 4.69) is 4.74 Å². The molecule has 0 saturated heterocycles. The Kier molecular flexibility index (Phi) is 3.27. The highest BCUT2D eigenvalue weighted by Gasteiger charge is 2.10. The van der Waals surface area contributed by atoms with Crippen molar-refractivity contribution in [3.05, 3.63) is 28.0 Å². The van der Waals surface area contributed by atoms with Crippen LogP contribution in [0.3, 0.4) is 0 Å². The van der Waals surface area contributed by atoms with Crippen LogP contribution in [0.1, 0.15) is 0 Å². The van der Waals surface area contributed by atoms with Crippen LogP contribution < -0.4 is 4.74 Å². The summed E-state index contributed by atoms with van der Waals surface area (Å²) in [6, 6.07) is 1.75. The fraction of sp³-hybridized carbons (Fsp3) is 0.143. The molecule has 1 aromatic rings. The van der Waals surface area contributed by atoms with Crippen molar-refractivity contribution in [2.24, 2.45) is 0 Å². The van der Waals surface area contributed by atoms with Crippen molar-refractivity contribution in [3.63, 3.8) is 0 Å². The molecule has 6 heteroatoms. The Morgan fingerprint density at radius 3 is 2.31 bits per heavy atom. The molecule has 0 spiro atoms. The van der Waals surface area contributed by atoms with Gasteiger partial charge in [0.25, 0.3) is 0 Å². The van der Waals surface area contributed by atoms with Crippen molar-refractivity contribution < 1.29 is 17.9 Å². The predicted molar refractivity (Wildman–Crippen MR) is 43.1 cm³/mol. The smallest absolute Gasteiger partial charge is 0.387 e. The van der Waals surface area contributed by atoms with E-state index >= 15 is 0 Å². The molecule has 0 atom stereocenters. The summed E-state index contributed by atoms with van der Waals surface area (Å²) in [5.41, 5.74) is 0. The second kappa shape index (κ2) is 4.07. The molecule has 0 amide bonds. The first kappa shape index (κ1) is 10.5. The minimum Gasteiger partial charge on any atom is -0.435 e. The van der Waals surface area contributed by atoms with E-state index < -0.39 is 12.4 Å². The van der Waals surface area contributed by atoms with E-state index in [0.29, 0.717) is 0 Å². The number of rotatable bonds is 2. The molecule has 1 nitrogen and oxygen atoms in total. The summed E-state index contributed by atoms with van der Waals surface area (Å²) < 4.78 is 40.0. The van der Waals surface area contributed by atoms with Crippen LogP contribution in [-0.2, 0) is 0 Å². The van der Waals surface area contributed by atoms with Gasteiger partial charge in [-0.2, -0.15) is 8.78 Å². The van der Waals surface area contributed by atoms with Gasteiger partial charge in [0.05, 0.1) is 10.0 Å². The second-order valence-corrected chi connectivity index (χ2v) is 2.86. The molecular weight excluding hydrogens is 228 g/mol. The number of hydrogen-bond donors (Lipinski definition) is 0. The Morgan fingerprint density at radius 1 is 1.23 bits per heavy atom. The van der Waals surface area contributed by atoms with Gasteiger partial charge in [-0.05, 0) is 0 Å². The Morgan fingerprint density at radius 2 is 1.85 bits per heavy atom. The molecule has 0 aliphatic rings. The zero-order valence-corrected chi connectivity index (χ0v) is 7.54. The molecule has 0 aromatic heterocycles. The molecule has 0 radical (unpaired) electrons. The van der Waals surface area contributed by atoms with Gasteiger partial charge in [-0.3, -0.25) is 0 Å². The monoisotopic (exact) mass is 230 g/mol. The molecule has 1 aromatic carbocycles. The van der Waals surface area contributed by atoms with Gasteiger partial charge in [-0.25, -0.2) is 4.39 Å². The highest BCUT2D eigenvalue weighted by molar-refractivity contribution is 6.42. The van der Waals surface area contributed by atoms with Crippen LogP contribution in [0.4, 0.5) is 13.2 Å². The van der Waals surface area contributed by atoms with Crippen LogP contribution in [0.25, 0.3) is 0 Å². The van der Waals surface area contributed by atoms with Crippen LogP contribution in [0.15, 0.2) is 12.1 Å². The van der Waals surface area contributed by atoms with Crippen molar-refractivity contribution in [1.82, 2.24) is 0 Å². The molecule has 0 aliphatic carbocycles. The standard InChI is InChI=1S/C7H3Cl2F3O/c8-4-1-3(13-7(11)12)2-5(10)6(4)9/h1-2,7H. The minimum absolute atomic E-state index is 0.169. The van der Waals surface area contributed by atoms with Gasteiger partial charge >= 0.3 is 6.61 Å². The van der Waals surface area contributed by atoms with E-state index in [4.69, 9.17) is 23.2 Å². The summed E-state index contributed by atoms with van der Waals surface area (Å²) in [6.45, 7) is -3.02. The molecule has 0 fully saturated rings. The molecular formula is C7H3Cl2F3O. The Hall–Kier alpha value is -0.610. The fourth-order valence-corrected chi connectivity index (χ4v) is 1.01. The number of alkyl halides is 2. The minimum atomic E-state index is -3.02. The highest BCUT2D eigenvalue weighted by atomic mass is 35.5. The lowest BCUT2D eigenvalue weighted by atomic mass is 10.3. The first-order valence-corrected chi connectivity index (χ1v) is 3.85. The lowest BCUT2D eigenvalue weighted by Crippen LogP contribution is -2.02. The predicted octanol–water partition coefficient (Wildman–Crippen LogP) is 3.73. The van der Waals surface area contributed by atoms with Crippen molar-refractivity contribution in [1.29, 1.82) is 0 Å². The first-order chi connectivity index (χ1) is 6.00. The number of ether oxygens (including phenoxy) is 1. The topological polar surface area (TPSA) is 9.23 Å². The van der Waals surface area contributed by atoms with Gasteiger partial charge in [-0.15, -0.1) is 0 Å². The molecule has 1 rings (SSSR count). The lowest BCUT2D eigenvalue weighted by Gasteiger charge is -2.05. The quantitative estimate of drug-likeness (QED) is 0.704. The summed E-state index contributed by atoms with van der Waals surface area (Å²) in [5.74, 6) is -1.26. The first-order valence-electron chi connectivity index (χ1n) is 3.10. The van der Waals surface area contributed by atoms with Crippen molar-refractivity contribution in [2.45, 2.75) is 6.61 Å². The summed E-state index contributed by atoms with van der Waals surface area (Å²) in [4.78, 5) is 0. The number of halogens is 5. The summed E-state index contributed by atoms with van der Waals surface area (Å²) >= 11 is 10.7. The van der Waals surface area contributed by atoms with E-state index in [1.807, 2.05) is 0 Å². The maximum absolute atomic E-state index is 12.7. The molecule has 0 N–H and O–H groups in total. The third-order valence-corrected chi connectivity index (χ3v) is 1.96. The second-order valence-electron chi connectivity index (χ2n) is 2.08. The third kappa shape index (κ3) is 2.67. The third-order valence-electron chi connectivity index (χ3n) is 1.18. The van der Waals surface area contributed by atoms with E-state index in [-0.39, 0.29) is 15.8 Å². The average molecular weight is 231 g/mol. The molecule has 0 saturated carbocycles. The maximum atomic E-state index is 12.7. The van der Waals surface area contributed by atoms with Crippen molar-refractivity contribution >= 4 is 23.2 Å². The number of benzene rings is 1. The zero-order chi connectivity index (χ0) is 10.0. The largest absolute Gasteiger partial charge is 0.435 e. The zero-order valence-electron chi connectivity index (χ0n) is 6.03. The fourth-order valence-electron chi connectivity index (χ4n) is 0.703. The maximum Gasteiger partial charge on any atom is 0.387 e. The SMILES string of the molecule is Fc1cc(OC(F)F)cc(Cl)c1Cl. The van der Waals surface area contributed by atoms with Gasteiger partial charge in [0.1, 0.15) is 11.6 Å². The van der Waals surface area contributed by atoms with E-state index in [1.54, 1.807) is 0 Å². The average Bonchev–Trinajstić information content (AvgIpc) is 1.98. The normalized spacial score (nSPS) is 10.6. The van der Waals surface area contributed by atoms with E-state index in [1.165, 1.54) is 0 Å². The van der Waals surface area contributed by atoms with Crippen LogP contribution in [0.5, 0.6) is 5.75 Å². The summed E-state index contributed by atoms with van der Waals surface area (Å²) in [7, 11) is 0. The van der Waals surface area contributed by atoms with Crippen LogP contribution in [-0.4, -0.2) is 6.61 Å². The Labute approximate surface area is 82.0 Å². The molecule has 0 unspecified atom stereocenters. The van der Waals surface area contributed by atoms with Crippen LogP contribution in [0, 0.1) is 5.82 Å². The molecule has 13 heavy (non-hydrogen) atoms. The van der Waals surface area contributed by atoms with Gasteiger partial charge in [-0.1, -0.05) is 23.2 Å². The summed E-state index contributed by atoms with van der Waals surface area (Å²) in [5, 5.41) is -0.486. The summed E-state index contributed by atoms with van der Waals surface area (Å²) in [6.07, 6.45) is 0. The van der Waals surface area contributed by atoms with Gasteiger partial charge in [0.2, 0.25) is 0 Å². The van der Waals surface area contributed by atoms with E-state index in [9.17, 15) is 13.2 Å². The van der Waals surface area contributed by atoms with Gasteiger partial charge in [0, 0.05) is 12.1 Å². The highest BCUT2D eigenvalue weighted by Crippen LogP contribution is 2.30. The van der Waals surface area contributed by atoms with Crippen molar-refractivity contribution in [3.8, 4) is 5.75 Å². The van der Waals surface area contributed by atoms with E-state index in [0.717, 1.165) is 12.1 Å². The molecule has 0 aliphatic heterocycles. The molecule has 72 valence electrons. The lowest BCUT2D eigenvalue weighted by molar-refractivity contribution is -0.0499. The van der Waals surface area contributed by atoms with Gasteiger partial charge in [0.15, 0.2) is 0 Å². The van der Waals surface area contributed by atoms with Crippen molar-refractivity contribution in [2.75, 3.05) is 0 Å². The van der Waals surface area contributed by atoms with Crippen LogP contribution in [0.2, 0.25) is 10.0 Å². The molecule has 0 bridgehead atoms. The Balaban J connectivity index is 2.99. The Bertz CT molecular complexity index is 294. The number of hydrogen-bond acceptors (Lipinski definition) is 1.